The van der Waals surface area contributed by atoms with Crippen molar-refractivity contribution in [2.75, 3.05) is 13.4 Å². The normalized spacial score (nSPS) is 11.8. The molecule has 0 aliphatic heterocycles. The molecule has 3 aromatic rings. The quantitative estimate of drug-likeness (QED) is 0.738. The van der Waals surface area contributed by atoms with Gasteiger partial charge in [-0.15, -0.1) is 0 Å². The fourth-order valence-electron chi connectivity index (χ4n) is 2.57. The molecular weight excluding hydrogens is 312 g/mol. The standard InChI is InChI=1S/C17H18N2O3S/c1-12-8-14-9-16(23(3,20)21)10-18-17(14)19(12)11-13-4-6-15(22-2)7-5-13/h4-10H,11H2,1-3H3. The molecule has 0 unspecified atom stereocenters. The lowest BCUT2D eigenvalue weighted by atomic mass is 10.2. The molecule has 0 aliphatic carbocycles. The minimum atomic E-state index is -3.25. The van der Waals surface area contributed by atoms with Crippen LogP contribution in [-0.2, 0) is 16.4 Å². The molecule has 0 N–H and O–H groups in total. The third-order valence-electron chi connectivity index (χ3n) is 3.84. The Kier molecular flexibility index (Phi) is 3.85. The number of methoxy groups -OCH3 is 1. The highest BCUT2D eigenvalue weighted by atomic mass is 32.2. The molecule has 0 spiro atoms. The average molecular weight is 330 g/mol. The van der Waals surface area contributed by atoms with E-state index in [2.05, 4.69) is 9.55 Å². The van der Waals surface area contributed by atoms with E-state index in [1.54, 1.807) is 13.2 Å². The largest absolute Gasteiger partial charge is 0.497 e. The molecular formula is C17H18N2O3S. The predicted molar refractivity (Wildman–Crippen MR) is 89.7 cm³/mol. The van der Waals surface area contributed by atoms with Crippen LogP contribution >= 0.6 is 0 Å². The Balaban J connectivity index is 2.02. The summed E-state index contributed by atoms with van der Waals surface area (Å²) in [7, 11) is -1.61. The van der Waals surface area contributed by atoms with Crippen LogP contribution in [0.15, 0.2) is 47.5 Å². The molecule has 0 amide bonds. The molecule has 2 heterocycles. The van der Waals surface area contributed by atoms with Gasteiger partial charge in [0.15, 0.2) is 9.84 Å². The summed E-state index contributed by atoms with van der Waals surface area (Å²) in [6, 6.07) is 11.5. The second kappa shape index (κ2) is 5.70. The van der Waals surface area contributed by atoms with Gasteiger partial charge < -0.3 is 9.30 Å². The minimum absolute atomic E-state index is 0.242. The van der Waals surface area contributed by atoms with Crippen molar-refractivity contribution in [3.05, 3.63) is 53.9 Å². The van der Waals surface area contributed by atoms with Crippen LogP contribution in [0.1, 0.15) is 11.3 Å². The van der Waals surface area contributed by atoms with Crippen molar-refractivity contribution >= 4 is 20.9 Å². The SMILES string of the molecule is COc1ccc(Cn2c(C)cc3cc(S(C)(=O)=O)cnc32)cc1. The van der Waals surface area contributed by atoms with E-state index in [0.717, 1.165) is 28.0 Å². The van der Waals surface area contributed by atoms with Gasteiger partial charge in [-0.1, -0.05) is 12.1 Å². The van der Waals surface area contributed by atoms with E-state index in [0.29, 0.717) is 6.54 Å². The van der Waals surface area contributed by atoms with E-state index in [1.807, 2.05) is 37.3 Å². The molecule has 0 aliphatic rings. The van der Waals surface area contributed by atoms with Crippen molar-refractivity contribution in [2.24, 2.45) is 0 Å². The lowest BCUT2D eigenvalue weighted by molar-refractivity contribution is 0.414. The molecule has 0 fully saturated rings. The van der Waals surface area contributed by atoms with Crippen LogP contribution in [-0.4, -0.2) is 31.3 Å². The summed E-state index contributed by atoms with van der Waals surface area (Å²) < 4.78 is 30.6. The molecule has 0 radical (unpaired) electrons. The topological polar surface area (TPSA) is 61.2 Å². The molecule has 0 atom stereocenters. The maximum Gasteiger partial charge on any atom is 0.177 e. The van der Waals surface area contributed by atoms with E-state index < -0.39 is 9.84 Å². The smallest absolute Gasteiger partial charge is 0.177 e. The van der Waals surface area contributed by atoms with Crippen LogP contribution < -0.4 is 4.74 Å². The summed E-state index contributed by atoms with van der Waals surface area (Å²) in [5.74, 6) is 0.818. The van der Waals surface area contributed by atoms with Crippen molar-refractivity contribution in [3.8, 4) is 5.75 Å². The van der Waals surface area contributed by atoms with E-state index in [9.17, 15) is 8.42 Å². The van der Waals surface area contributed by atoms with Gasteiger partial charge in [0.2, 0.25) is 0 Å². The average Bonchev–Trinajstić information content (AvgIpc) is 2.82. The number of ether oxygens (including phenoxy) is 1. The molecule has 1 aromatic carbocycles. The van der Waals surface area contributed by atoms with Gasteiger partial charge in [0.05, 0.1) is 12.0 Å². The molecule has 6 heteroatoms. The first-order valence-corrected chi connectivity index (χ1v) is 9.06. The number of pyridine rings is 1. The van der Waals surface area contributed by atoms with Gasteiger partial charge in [-0.25, -0.2) is 13.4 Å². The molecule has 5 nitrogen and oxygen atoms in total. The molecule has 23 heavy (non-hydrogen) atoms. The molecule has 0 saturated carbocycles. The first kappa shape index (κ1) is 15.6. The zero-order valence-corrected chi connectivity index (χ0v) is 14.1. The maximum atomic E-state index is 11.7. The summed E-state index contributed by atoms with van der Waals surface area (Å²) in [6.07, 6.45) is 2.61. The summed E-state index contributed by atoms with van der Waals surface area (Å²) >= 11 is 0. The van der Waals surface area contributed by atoms with Crippen molar-refractivity contribution < 1.29 is 13.2 Å². The monoisotopic (exact) mass is 330 g/mol. The Morgan fingerprint density at radius 1 is 1.17 bits per heavy atom. The highest BCUT2D eigenvalue weighted by Crippen LogP contribution is 2.22. The van der Waals surface area contributed by atoms with Crippen molar-refractivity contribution in [3.63, 3.8) is 0 Å². The second-order valence-electron chi connectivity index (χ2n) is 5.58. The van der Waals surface area contributed by atoms with Crippen LogP contribution in [0.4, 0.5) is 0 Å². The zero-order valence-electron chi connectivity index (χ0n) is 13.3. The van der Waals surface area contributed by atoms with Gasteiger partial charge in [-0.05, 0) is 36.8 Å². The lowest BCUT2D eigenvalue weighted by Gasteiger charge is -2.09. The fourth-order valence-corrected chi connectivity index (χ4v) is 3.16. The highest BCUT2D eigenvalue weighted by Gasteiger charge is 2.13. The molecule has 3 rings (SSSR count). The Labute approximate surface area is 135 Å². The first-order valence-electron chi connectivity index (χ1n) is 7.17. The zero-order chi connectivity index (χ0) is 16.6. The van der Waals surface area contributed by atoms with Gasteiger partial charge in [0.25, 0.3) is 0 Å². The van der Waals surface area contributed by atoms with Crippen molar-refractivity contribution in [2.45, 2.75) is 18.4 Å². The predicted octanol–water partition coefficient (Wildman–Crippen LogP) is 2.81. The van der Waals surface area contributed by atoms with Crippen LogP contribution in [0.25, 0.3) is 11.0 Å². The summed E-state index contributed by atoms with van der Waals surface area (Å²) in [5.41, 5.74) is 2.94. The summed E-state index contributed by atoms with van der Waals surface area (Å²) in [5, 5.41) is 0.832. The fraction of sp³-hybridized carbons (Fsp3) is 0.235. The number of aryl methyl sites for hydroxylation is 1. The van der Waals surface area contributed by atoms with Gasteiger partial charge >= 0.3 is 0 Å². The minimum Gasteiger partial charge on any atom is -0.497 e. The first-order chi connectivity index (χ1) is 10.9. The van der Waals surface area contributed by atoms with Crippen molar-refractivity contribution in [1.29, 1.82) is 0 Å². The Hall–Kier alpha value is -2.34. The summed E-state index contributed by atoms with van der Waals surface area (Å²) in [4.78, 5) is 4.60. The van der Waals surface area contributed by atoms with E-state index in [-0.39, 0.29) is 4.90 Å². The number of nitrogens with zero attached hydrogens (tertiary/aromatic N) is 2. The molecule has 0 bridgehead atoms. The number of hydrogen-bond acceptors (Lipinski definition) is 4. The van der Waals surface area contributed by atoms with E-state index in [1.165, 1.54) is 12.5 Å². The molecule has 120 valence electrons. The number of rotatable bonds is 4. The third kappa shape index (κ3) is 3.07. The number of sulfone groups is 1. The summed E-state index contributed by atoms with van der Waals surface area (Å²) in [6.45, 7) is 2.66. The van der Waals surface area contributed by atoms with Crippen LogP contribution in [0.2, 0.25) is 0 Å². The van der Waals surface area contributed by atoms with Gasteiger partial charge in [-0.2, -0.15) is 0 Å². The number of benzene rings is 1. The lowest BCUT2D eigenvalue weighted by Crippen LogP contribution is -2.03. The van der Waals surface area contributed by atoms with Crippen LogP contribution in [0.5, 0.6) is 5.75 Å². The molecule has 0 saturated heterocycles. The Bertz CT molecular complexity index is 957. The molecule has 2 aromatic heterocycles. The Morgan fingerprint density at radius 3 is 2.48 bits per heavy atom. The van der Waals surface area contributed by atoms with Gasteiger partial charge in [0, 0.05) is 30.1 Å². The maximum absolute atomic E-state index is 11.7. The highest BCUT2D eigenvalue weighted by molar-refractivity contribution is 7.90. The number of aromatic nitrogens is 2. The number of hydrogen-bond donors (Lipinski definition) is 0. The van der Waals surface area contributed by atoms with E-state index in [4.69, 9.17) is 4.74 Å². The Morgan fingerprint density at radius 2 is 1.87 bits per heavy atom. The van der Waals surface area contributed by atoms with Gasteiger partial charge in [0.1, 0.15) is 11.4 Å². The van der Waals surface area contributed by atoms with E-state index >= 15 is 0 Å². The van der Waals surface area contributed by atoms with Crippen molar-refractivity contribution in [1.82, 2.24) is 9.55 Å². The van der Waals surface area contributed by atoms with Gasteiger partial charge in [-0.3, -0.25) is 0 Å². The van der Waals surface area contributed by atoms with Crippen LogP contribution in [0, 0.1) is 6.92 Å². The van der Waals surface area contributed by atoms with Crippen LogP contribution in [0.3, 0.4) is 0 Å². The number of fused-ring (bicyclic) bond motifs is 1. The third-order valence-corrected chi connectivity index (χ3v) is 4.92. The second-order valence-corrected chi connectivity index (χ2v) is 7.59.